The Labute approximate surface area is 128 Å². The second kappa shape index (κ2) is 6.43. The first kappa shape index (κ1) is 14.3. The summed E-state index contributed by atoms with van der Waals surface area (Å²) < 4.78 is 5.13. The summed E-state index contributed by atoms with van der Waals surface area (Å²) in [5.41, 5.74) is 0.414. The number of piperidine rings is 1. The van der Waals surface area contributed by atoms with Crippen LogP contribution in [0.2, 0.25) is 0 Å². The summed E-state index contributed by atoms with van der Waals surface area (Å²) >= 11 is 0. The van der Waals surface area contributed by atoms with E-state index in [4.69, 9.17) is 4.42 Å². The number of nitrogens with one attached hydrogen (secondary N) is 1. The molecule has 0 aromatic carbocycles. The molecule has 0 bridgehead atoms. The SMILES string of the molecule is O=C(NC1CCN(C(=O)c2ccco2)CC1)c1ccccn1. The highest BCUT2D eigenvalue weighted by Crippen LogP contribution is 2.14. The molecule has 6 heteroatoms. The van der Waals surface area contributed by atoms with Crippen molar-refractivity contribution >= 4 is 11.8 Å². The summed E-state index contributed by atoms with van der Waals surface area (Å²) in [5.74, 6) is 0.0897. The van der Waals surface area contributed by atoms with Gasteiger partial charge in [0.25, 0.3) is 11.8 Å². The number of pyridine rings is 1. The smallest absolute Gasteiger partial charge is 0.289 e. The van der Waals surface area contributed by atoms with Crippen molar-refractivity contribution < 1.29 is 14.0 Å². The Kier molecular flexibility index (Phi) is 4.18. The standard InChI is InChI=1S/C16H17N3O3/c20-15(13-4-1-2-8-17-13)18-12-6-9-19(10-7-12)16(21)14-5-3-11-22-14/h1-5,8,11-12H,6-7,9-10H2,(H,18,20). The van der Waals surface area contributed by atoms with E-state index in [1.54, 1.807) is 41.4 Å². The molecule has 2 amide bonds. The molecule has 1 aliphatic heterocycles. The van der Waals surface area contributed by atoms with Gasteiger partial charge in [-0.1, -0.05) is 6.07 Å². The Hall–Kier alpha value is -2.63. The molecule has 0 unspecified atom stereocenters. The maximum atomic E-state index is 12.1. The molecular formula is C16H17N3O3. The highest BCUT2D eigenvalue weighted by molar-refractivity contribution is 5.92. The Balaban J connectivity index is 1.52. The first-order valence-corrected chi connectivity index (χ1v) is 7.29. The van der Waals surface area contributed by atoms with Crippen molar-refractivity contribution in [2.24, 2.45) is 0 Å². The second-order valence-electron chi connectivity index (χ2n) is 5.23. The van der Waals surface area contributed by atoms with Gasteiger partial charge in [0.1, 0.15) is 5.69 Å². The van der Waals surface area contributed by atoms with Gasteiger partial charge in [0.15, 0.2) is 5.76 Å². The molecule has 1 fully saturated rings. The van der Waals surface area contributed by atoms with Gasteiger partial charge < -0.3 is 14.6 Å². The third kappa shape index (κ3) is 3.16. The number of aromatic nitrogens is 1. The zero-order valence-electron chi connectivity index (χ0n) is 12.1. The van der Waals surface area contributed by atoms with E-state index in [0.29, 0.717) is 24.5 Å². The van der Waals surface area contributed by atoms with E-state index in [1.165, 1.54) is 6.26 Å². The van der Waals surface area contributed by atoms with E-state index in [-0.39, 0.29) is 17.9 Å². The zero-order chi connectivity index (χ0) is 15.4. The van der Waals surface area contributed by atoms with Crippen molar-refractivity contribution in [2.75, 3.05) is 13.1 Å². The van der Waals surface area contributed by atoms with Crippen LogP contribution in [-0.4, -0.2) is 40.8 Å². The lowest BCUT2D eigenvalue weighted by Gasteiger charge is -2.31. The van der Waals surface area contributed by atoms with Crippen LogP contribution in [-0.2, 0) is 0 Å². The number of furan rings is 1. The minimum Gasteiger partial charge on any atom is -0.459 e. The van der Waals surface area contributed by atoms with E-state index in [1.807, 2.05) is 0 Å². The summed E-state index contributed by atoms with van der Waals surface area (Å²) in [6.07, 6.45) is 4.54. The van der Waals surface area contributed by atoms with Crippen molar-refractivity contribution in [1.82, 2.24) is 15.2 Å². The topological polar surface area (TPSA) is 75.4 Å². The molecule has 1 aliphatic rings. The van der Waals surface area contributed by atoms with Crippen molar-refractivity contribution in [2.45, 2.75) is 18.9 Å². The van der Waals surface area contributed by atoms with Gasteiger partial charge in [-0.25, -0.2) is 0 Å². The Morgan fingerprint density at radius 2 is 2.00 bits per heavy atom. The van der Waals surface area contributed by atoms with Crippen molar-refractivity contribution in [3.8, 4) is 0 Å². The van der Waals surface area contributed by atoms with Gasteiger partial charge in [0, 0.05) is 25.3 Å². The molecule has 3 rings (SSSR count). The summed E-state index contributed by atoms with van der Waals surface area (Å²) in [6.45, 7) is 1.21. The maximum Gasteiger partial charge on any atom is 0.289 e. The van der Waals surface area contributed by atoms with Gasteiger partial charge in [0.05, 0.1) is 6.26 Å². The molecular weight excluding hydrogens is 282 g/mol. The monoisotopic (exact) mass is 299 g/mol. The number of hydrogen-bond donors (Lipinski definition) is 1. The van der Waals surface area contributed by atoms with Crippen LogP contribution < -0.4 is 5.32 Å². The number of hydrogen-bond acceptors (Lipinski definition) is 4. The second-order valence-corrected chi connectivity index (χ2v) is 5.23. The molecule has 1 saturated heterocycles. The fraction of sp³-hybridized carbons (Fsp3) is 0.312. The van der Waals surface area contributed by atoms with E-state index < -0.39 is 0 Å². The molecule has 22 heavy (non-hydrogen) atoms. The lowest BCUT2D eigenvalue weighted by Crippen LogP contribution is -2.46. The van der Waals surface area contributed by atoms with Gasteiger partial charge >= 0.3 is 0 Å². The zero-order valence-corrected chi connectivity index (χ0v) is 12.1. The third-order valence-corrected chi connectivity index (χ3v) is 3.75. The molecule has 2 aromatic rings. The summed E-state index contributed by atoms with van der Waals surface area (Å²) in [5, 5.41) is 2.97. The molecule has 3 heterocycles. The van der Waals surface area contributed by atoms with E-state index in [0.717, 1.165) is 12.8 Å². The largest absolute Gasteiger partial charge is 0.459 e. The molecule has 0 spiro atoms. The molecule has 1 N–H and O–H groups in total. The Morgan fingerprint density at radius 3 is 2.64 bits per heavy atom. The van der Waals surface area contributed by atoms with Crippen molar-refractivity contribution in [3.63, 3.8) is 0 Å². The van der Waals surface area contributed by atoms with Crippen LogP contribution in [0, 0.1) is 0 Å². The van der Waals surface area contributed by atoms with Gasteiger partial charge in [-0.15, -0.1) is 0 Å². The predicted octanol–water partition coefficient (Wildman–Crippen LogP) is 1.71. The average Bonchev–Trinajstić information content (AvgIpc) is 3.10. The molecule has 0 aliphatic carbocycles. The van der Waals surface area contributed by atoms with Crippen LogP contribution in [0.1, 0.15) is 33.9 Å². The Bertz CT molecular complexity index is 632. The van der Waals surface area contributed by atoms with Crippen LogP contribution in [0.5, 0.6) is 0 Å². The predicted molar refractivity (Wildman–Crippen MR) is 79.3 cm³/mol. The number of amides is 2. The van der Waals surface area contributed by atoms with Gasteiger partial charge in [0.2, 0.25) is 0 Å². The van der Waals surface area contributed by atoms with Crippen LogP contribution in [0.3, 0.4) is 0 Å². The maximum absolute atomic E-state index is 12.1. The quantitative estimate of drug-likeness (QED) is 0.936. The normalized spacial score (nSPS) is 15.5. The van der Waals surface area contributed by atoms with E-state index >= 15 is 0 Å². The van der Waals surface area contributed by atoms with Crippen LogP contribution in [0.15, 0.2) is 47.2 Å². The fourth-order valence-corrected chi connectivity index (χ4v) is 2.54. The van der Waals surface area contributed by atoms with Gasteiger partial charge in [-0.2, -0.15) is 0 Å². The van der Waals surface area contributed by atoms with E-state index in [2.05, 4.69) is 10.3 Å². The minimum atomic E-state index is -0.170. The number of likely N-dealkylation sites (tertiary alicyclic amines) is 1. The highest BCUT2D eigenvalue weighted by atomic mass is 16.3. The first-order chi connectivity index (χ1) is 10.7. The van der Waals surface area contributed by atoms with Crippen LogP contribution in [0.4, 0.5) is 0 Å². The lowest BCUT2D eigenvalue weighted by atomic mass is 10.0. The molecule has 114 valence electrons. The van der Waals surface area contributed by atoms with Crippen molar-refractivity contribution in [1.29, 1.82) is 0 Å². The number of carbonyl (C=O) groups excluding carboxylic acids is 2. The van der Waals surface area contributed by atoms with Crippen LogP contribution >= 0.6 is 0 Å². The fourth-order valence-electron chi connectivity index (χ4n) is 2.54. The van der Waals surface area contributed by atoms with Gasteiger partial charge in [-0.3, -0.25) is 14.6 Å². The Morgan fingerprint density at radius 1 is 1.18 bits per heavy atom. The average molecular weight is 299 g/mol. The summed E-state index contributed by atoms with van der Waals surface area (Å²) in [4.78, 5) is 30.0. The molecule has 2 aromatic heterocycles. The van der Waals surface area contributed by atoms with Crippen LogP contribution in [0.25, 0.3) is 0 Å². The summed E-state index contributed by atoms with van der Waals surface area (Å²) in [7, 11) is 0. The lowest BCUT2D eigenvalue weighted by molar-refractivity contribution is 0.0667. The first-order valence-electron chi connectivity index (χ1n) is 7.29. The number of rotatable bonds is 3. The third-order valence-electron chi connectivity index (χ3n) is 3.75. The minimum absolute atomic E-state index is 0.0650. The molecule has 6 nitrogen and oxygen atoms in total. The molecule has 0 radical (unpaired) electrons. The van der Waals surface area contributed by atoms with E-state index in [9.17, 15) is 9.59 Å². The number of nitrogens with zero attached hydrogens (tertiary/aromatic N) is 2. The molecule has 0 atom stereocenters. The summed E-state index contributed by atoms with van der Waals surface area (Å²) in [6, 6.07) is 8.67. The van der Waals surface area contributed by atoms with Crippen molar-refractivity contribution in [3.05, 3.63) is 54.2 Å². The highest BCUT2D eigenvalue weighted by Gasteiger charge is 2.26. The van der Waals surface area contributed by atoms with Gasteiger partial charge in [-0.05, 0) is 37.1 Å². The number of carbonyl (C=O) groups is 2. The molecule has 0 saturated carbocycles.